The summed E-state index contributed by atoms with van der Waals surface area (Å²) in [5.41, 5.74) is 3.91. The van der Waals surface area contributed by atoms with Crippen molar-refractivity contribution in [2.24, 2.45) is 18.4 Å². The average Bonchev–Trinajstić information content (AvgIpc) is 3.73. The van der Waals surface area contributed by atoms with Gasteiger partial charge in [-0.15, -0.1) is 0 Å². The van der Waals surface area contributed by atoms with Gasteiger partial charge in [-0.05, 0) is 67.1 Å². The van der Waals surface area contributed by atoms with E-state index in [1.807, 2.05) is 17.0 Å². The highest BCUT2D eigenvalue weighted by atomic mass is 16.2. The number of piperidine rings is 1. The van der Waals surface area contributed by atoms with Gasteiger partial charge in [0.1, 0.15) is 5.82 Å². The van der Waals surface area contributed by atoms with Gasteiger partial charge >= 0.3 is 5.69 Å². The van der Waals surface area contributed by atoms with Crippen LogP contribution >= 0.6 is 0 Å². The van der Waals surface area contributed by atoms with Gasteiger partial charge in [0.25, 0.3) is 5.91 Å². The van der Waals surface area contributed by atoms with Gasteiger partial charge in [-0.3, -0.25) is 9.20 Å². The first-order valence-corrected chi connectivity index (χ1v) is 11.6. The average molecular weight is 431 g/mol. The van der Waals surface area contributed by atoms with E-state index < -0.39 is 0 Å². The van der Waals surface area contributed by atoms with Crippen LogP contribution in [0.15, 0.2) is 35.4 Å². The number of carbonyl (C=O) groups is 1. The maximum absolute atomic E-state index is 13.2. The molecule has 2 aliphatic carbocycles. The van der Waals surface area contributed by atoms with Crippen molar-refractivity contribution in [1.82, 2.24) is 24.1 Å². The van der Waals surface area contributed by atoms with Crippen molar-refractivity contribution in [1.29, 1.82) is 0 Å². The molecule has 3 aromatic rings. The Morgan fingerprint density at radius 1 is 1.16 bits per heavy atom. The van der Waals surface area contributed by atoms with Crippen LogP contribution in [0, 0.1) is 11.3 Å². The molecule has 0 aromatic carbocycles. The molecule has 2 unspecified atom stereocenters. The minimum absolute atomic E-state index is 0.124. The number of rotatable bonds is 2. The quantitative estimate of drug-likeness (QED) is 0.625. The lowest BCUT2D eigenvalue weighted by Crippen LogP contribution is -2.39. The molecule has 0 bridgehead atoms. The molecule has 5 heterocycles. The second-order valence-electron chi connectivity index (χ2n) is 10.2. The van der Waals surface area contributed by atoms with Crippen LogP contribution in [0.3, 0.4) is 0 Å². The second-order valence-corrected chi connectivity index (χ2v) is 10.2. The Morgan fingerprint density at radius 3 is 2.75 bits per heavy atom. The number of anilines is 2. The molecule has 1 saturated heterocycles. The van der Waals surface area contributed by atoms with Crippen LogP contribution in [-0.4, -0.2) is 49.6 Å². The van der Waals surface area contributed by atoms with Crippen LogP contribution < -0.4 is 10.6 Å². The molecule has 0 N–H and O–H groups in total. The van der Waals surface area contributed by atoms with E-state index >= 15 is 0 Å². The number of carbonyl (C=O) groups excluding carboxylic acids is 1. The van der Waals surface area contributed by atoms with E-state index in [0.717, 1.165) is 56.0 Å². The lowest BCUT2D eigenvalue weighted by Gasteiger charge is -2.33. The highest BCUT2D eigenvalue weighted by Gasteiger charge is 2.47. The standard InChI is InChI=1S/C24H26N6O2/c1-27-23(32)29-7-2-17(12-20(29)26-27)30-14-16-11-18(16)19-10-15(13-25-21(19)30)22(31)28-8-5-24(3-4-24)6-9-28/h2,7,10,12-13,16,18H,3-6,8-9,11,14H2,1H3. The van der Waals surface area contributed by atoms with Gasteiger partial charge in [-0.2, -0.15) is 5.10 Å². The number of hydrogen-bond acceptors (Lipinski definition) is 5. The summed E-state index contributed by atoms with van der Waals surface area (Å²) in [5.74, 6) is 2.14. The summed E-state index contributed by atoms with van der Waals surface area (Å²) < 4.78 is 2.90. The first-order valence-electron chi connectivity index (χ1n) is 11.6. The van der Waals surface area contributed by atoms with Crippen molar-refractivity contribution in [3.05, 3.63) is 52.2 Å². The van der Waals surface area contributed by atoms with Crippen molar-refractivity contribution in [2.75, 3.05) is 24.5 Å². The van der Waals surface area contributed by atoms with E-state index in [4.69, 9.17) is 4.98 Å². The summed E-state index contributed by atoms with van der Waals surface area (Å²) in [5, 5.41) is 4.33. The normalized spacial score (nSPS) is 25.0. The fourth-order valence-corrected chi connectivity index (χ4v) is 5.75. The van der Waals surface area contributed by atoms with Gasteiger partial charge < -0.3 is 9.80 Å². The summed E-state index contributed by atoms with van der Waals surface area (Å²) in [6.07, 6.45) is 9.64. The van der Waals surface area contributed by atoms with Crippen LogP contribution in [0.2, 0.25) is 0 Å². The second kappa shape index (κ2) is 6.21. The van der Waals surface area contributed by atoms with Crippen molar-refractivity contribution in [3.63, 3.8) is 0 Å². The monoisotopic (exact) mass is 430 g/mol. The minimum atomic E-state index is -0.153. The summed E-state index contributed by atoms with van der Waals surface area (Å²) in [6, 6.07) is 5.98. The van der Waals surface area contributed by atoms with Crippen LogP contribution in [0.4, 0.5) is 11.5 Å². The fraction of sp³-hybridized carbons (Fsp3) is 0.500. The number of hydrogen-bond donors (Lipinski definition) is 0. The maximum atomic E-state index is 13.2. The zero-order chi connectivity index (χ0) is 21.6. The SMILES string of the molecule is Cn1nc2cc(N3CC4CC4c4cc(C(=O)N5CCC6(CC5)CC6)cnc43)ccn2c1=O. The van der Waals surface area contributed by atoms with E-state index in [1.165, 1.54) is 23.1 Å². The number of nitrogens with zero attached hydrogens (tertiary/aromatic N) is 6. The van der Waals surface area contributed by atoms with Crippen molar-refractivity contribution in [2.45, 2.75) is 38.0 Å². The molecule has 32 heavy (non-hydrogen) atoms. The summed E-state index contributed by atoms with van der Waals surface area (Å²) in [7, 11) is 1.66. The first-order chi connectivity index (χ1) is 15.5. The summed E-state index contributed by atoms with van der Waals surface area (Å²) in [4.78, 5) is 34.4. The molecular weight excluding hydrogens is 404 g/mol. The Hall–Kier alpha value is -3.16. The Morgan fingerprint density at radius 2 is 1.97 bits per heavy atom. The molecule has 2 atom stereocenters. The minimum Gasteiger partial charge on any atom is -0.339 e. The van der Waals surface area contributed by atoms with Gasteiger partial charge in [0.2, 0.25) is 0 Å². The highest BCUT2D eigenvalue weighted by molar-refractivity contribution is 5.95. The third kappa shape index (κ3) is 2.68. The third-order valence-corrected chi connectivity index (χ3v) is 8.17. The lowest BCUT2D eigenvalue weighted by atomic mass is 9.93. The molecule has 2 aliphatic heterocycles. The van der Waals surface area contributed by atoms with E-state index in [-0.39, 0.29) is 11.6 Å². The molecule has 1 amide bonds. The van der Waals surface area contributed by atoms with E-state index in [9.17, 15) is 9.59 Å². The van der Waals surface area contributed by atoms with Gasteiger partial charge in [-0.1, -0.05) is 0 Å². The number of likely N-dealkylation sites (tertiary alicyclic amines) is 1. The first kappa shape index (κ1) is 18.4. The molecule has 3 aromatic heterocycles. The van der Waals surface area contributed by atoms with Gasteiger partial charge in [0.05, 0.1) is 5.56 Å². The third-order valence-electron chi connectivity index (χ3n) is 8.17. The molecule has 8 nitrogen and oxygen atoms in total. The number of pyridine rings is 2. The molecule has 8 heteroatoms. The molecule has 3 fully saturated rings. The molecule has 4 aliphatic rings. The molecule has 7 rings (SSSR count). The molecular formula is C24H26N6O2. The van der Waals surface area contributed by atoms with E-state index in [1.54, 1.807) is 23.8 Å². The predicted octanol–water partition coefficient (Wildman–Crippen LogP) is 2.70. The molecule has 164 valence electrons. The highest BCUT2D eigenvalue weighted by Crippen LogP contribution is 2.56. The van der Waals surface area contributed by atoms with Crippen molar-refractivity contribution >= 4 is 23.1 Å². The van der Waals surface area contributed by atoms with Crippen molar-refractivity contribution in [3.8, 4) is 0 Å². The number of aryl methyl sites for hydroxylation is 1. The Balaban J connectivity index is 1.21. The van der Waals surface area contributed by atoms with Crippen molar-refractivity contribution < 1.29 is 4.79 Å². The lowest BCUT2D eigenvalue weighted by molar-refractivity contribution is 0.0678. The molecule has 0 radical (unpaired) electrons. The Labute approximate surface area is 185 Å². The fourth-order valence-electron chi connectivity index (χ4n) is 5.75. The van der Waals surface area contributed by atoms with Gasteiger partial charge in [-0.25, -0.2) is 14.5 Å². The summed E-state index contributed by atoms with van der Waals surface area (Å²) >= 11 is 0. The van der Waals surface area contributed by atoms with E-state index in [2.05, 4.69) is 16.1 Å². The maximum Gasteiger partial charge on any atom is 0.350 e. The van der Waals surface area contributed by atoms with Gasteiger partial charge in [0.15, 0.2) is 5.65 Å². The largest absolute Gasteiger partial charge is 0.350 e. The van der Waals surface area contributed by atoms with Crippen LogP contribution in [0.1, 0.15) is 53.9 Å². The molecule has 1 spiro atoms. The van der Waals surface area contributed by atoms with E-state index in [0.29, 0.717) is 22.9 Å². The Bertz CT molecular complexity index is 1330. The summed E-state index contributed by atoms with van der Waals surface area (Å²) in [6.45, 7) is 2.65. The van der Waals surface area contributed by atoms with Crippen LogP contribution in [-0.2, 0) is 7.05 Å². The number of fused-ring (bicyclic) bond motifs is 4. The Kier molecular flexibility index (Phi) is 3.57. The zero-order valence-electron chi connectivity index (χ0n) is 18.2. The molecule has 2 saturated carbocycles. The number of amides is 1. The smallest absolute Gasteiger partial charge is 0.339 e. The zero-order valence-corrected chi connectivity index (χ0v) is 18.2. The topological polar surface area (TPSA) is 75.7 Å². The number of aromatic nitrogens is 4. The van der Waals surface area contributed by atoms with Gasteiger partial charge in [0, 0.05) is 50.8 Å². The van der Waals surface area contributed by atoms with Crippen LogP contribution in [0.5, 0.6) is 0 Å². The predicted molar refractivity (Wildman–Crippen MR) is 119 cm³/mol. The van der Waals surface area contributed by atoms with Crippen LogP contribution in [0.25, 0.3) is 5.65 Å².